The lowest BCUT2D eigenvalue weighted by atomic mass is 9.84. The Morgan fingerprint density at radius 2 is 1.57 bits per heavy atom. The van der Waals surface area contributed by atoms with Crippen LogP contribution in [0.25, 0.3) is 20.9 Å². The third-order valence-electron chi connectivity index (χ3n) is 7.30. The maximum atomic E-state index is 13.2. The summed E-state index contributed by atoms with van der Waals surface area (Å²) in [5.41, 5.74) is 19.5. The number of nitrogens with zero attached hydrogens (tertiary/aromatic N) is 8. The number of benzene rings is 2. The molecule has 1 aliphatic heterocycles. The maximum Gasteiger partial charge on any atom is 0.410 e. The van der Waals surface area contributed by atoms with Gasteiger partial charge in [0.25, 0.3) is 0 Å². The molecule has 222 valence electrons. The molecule has 0 bridgehead atoms. The minimum Gasteiger partial charge on any atom is -0.445 e. The van der Waals surface area contributed by atoms with Crippen molar-refractivity contribution in [3.63, 3.8) is 0 Å². The fourth-order valence-electron chi connectivity index (χ4n) is 5.12. The first-order valence-electron chi connectivity index (χ1n) is 13.5. The van der Waals surface area contributed by atoms with Gasteiger partial charge in [0.1, 0.15) is 18.8 Å². The largest absolute Gasteiger partial charge is 0.445 e. The molecule has 4 rings (SSSR count). The van der Waals surface area contributed by atoms with Crippen LogP contribution in [0.2, 0.25) is 0 Å². The smallest absolute Gasteiger partial charge is 0.410 e. The lowest BCUT2D eigenvalue weighted by Crippen LogP contribution is -2.58. The zero-order valence-corrected chi connectivity index (χ0v) is 22.6. The van der Waals surface area contributed by atoms with E-state index in [1.807, 2.05) is 60.7 Å². The molecule has 1 saturated heterocycles. The van der Waals surface area contributed by atoms with Crippen LogP contribution in [-0.2, 0) is 27.4 Å². The van der Waals surface area contributed by atoms with E-state index in [4.69, 9.17) is 25.3 Å². The lowest BCUT2D eigenvalue weighted by Gasteiger charge is -2.43. The predicted octanol–water partition coefficient (Wildman–Crippen LogP) is 4.33. The molecular weight excluding hydrogens is 548 g/mol. The second-order valence-corrected chi connectivity index (χ2v) is 10.1. The van der Waals surface area contributed by atoms with Crippen LogP contribution in [0, 0.1) is 4.91 Å². The number of amides is 1. The molecule has 8 atom stereocenters. The monoisotopic (exact) mass is 580 g/mol. The number of carbonyl (C=O) groups is 1. The van der Waals surface area contributed by atoms with Crippen LogP contribution in [0.15, 0.2) is 76.1 Å². The fraction of sp³-hybridized carbons (Fsp3) is 0.519. The number of azide groups is 2. The quantitative estimate of drug-likeness (QED) is 0.169. The van der Waals surface area contributed by atoms with Crippen molar-refractivity contribution in [2.45, 2.75) is 81.2 Å². The number of rotatable bonds is 11. The highest BCUT2D eigenvalue weighted by Crippen LogP contribution is 2.32. The van der Waals surface area contributed by atoms with Gasteiger partial charge in [-0.25, -0.2) is 4.79 Å². The van der Waals surface area contributed by atoms with Crippen LogP contribution in [0.5, 0.6) is 0 Å². The Morgan fingerprint density at radius 3 is 2.21 bits per heavy atom. The number of aliphatic hydroxyl groups is 2. The summed E-state index contributed by atoms with van der Waals surface area (Å²) in [6.07, 6.45) is -6.26. The van der Waals surface area contributed by atoms with Gasteiger partial charge in [0, 0.05) is 16.4 Å². The van der Waals surface area contributed by atoms with Crippen molar-refractivity contribution in [3.05, 3.63) is 97.6 Å². The number of hydrogen-bond acceptors (Lipinski definition) is 10. The van der Waals surface area contributed by atoms with E-state index in [2.05, 4.69) is 25.2 Å². The zero-order valence-electron chi connectivity index (χ0n) is 22.6. The van der Waals surface area contributed by atoms with Crippen molar-refractivity contribution in [1.29, 1.82) is 0 Å². The normalized spacial score (nSPS) is 28.9. The molecule has 0 radical (unpaired) electrons. The third-order valence-corrected chi connectivity index (χ3v) is 7.30. The summed E-state index contributed by atoms with van der Waals surface area (Å²) in [7, 11) is 0. The van der Waals surface area contributed by atoms with E-state index in [1.165, 1.54) is 4.90 Å². The molecule has 15 nitrogen and oxygen atoms in total. The summed E-state index contributed by atoms with van der Waals surface area (Å²) in [4.78, 5) is 31.8. The number of aliphatic hydroxyl groups excluding tert-OH is 2. The van der Waals surface area contributed by atoms with E-state index in [9.17, 15) is 19.9 Å². The van der Waals surface area contributed by atoms with Crippen LogP contribution >= 0.6 is 0 Å². The van der Waals surface area contributed by atoms with Gasteiger partial charge < -0.3 is 29.3 Å². The Balaban J connectivity index is 1.48. The Morgan fingerprint density at radius 1 is 0.929 bits per heavy atom. The first kappa shape index (κ1) is 30.7. The number of hydrogen-bond donors (Lipinski definition) is 2. The van der Waals surface area contributed by atoms with E-state index >= 15 is 0 Å². The van der Waals surface area contributed by atoms with Crippen LogP contribution in [0.4, 0.5) is 4.79 Å². The summed E-state index contributed by atoms with van der Waals surface area (Å²) in [5.74, 6) is 0. The highest BCUT2D eigenvalue weighted by molar-refractivity contribution is 5.67. The molecule has 2 N–H and O–H groups in total. The molecule has 0 aromatic heterocycles. The number of nitroso groups, excluding NO2 is 1. The first-order chi connectivity index (χ1) is 20.4. The number of ether oxygens (including phenoxy) is 3. The molecule has 1 saturated carbocycles. The molecule has 0 unspecified atom stereocenters. The van der Waals surface area contributed by atoms with E-state index in [1.54, 1.807) is 0 Å². The summed E-state index contributed by atoms with van der Waals surface area (Å²) < 4.78 is 17.6. The maximum absolute atomic E-state index is 13.2. The minimum absolute atomic E-state index is 0.0822. The van der Waals surface area contributed by atoms with E-state index in [0.717, 1.165) is 11.1 Å². The molecule has 1 aliphatic carbocycles. The van der Waals surface area contributed by atoms with Crippen molar-refractivity contribution >= 4 is 6.09 Å². The van der Waals surface area contributed by atoms with Crippen molar-refractivity contribution < 1.29 is 29.2 Å². The molecule has 42 heavy (non-hydrogen) atoms. The lowest BCUT2D eigenvalue weighted by molar-refractivity contribution is -0.254. The SMILES string of the molecule is [N-]=[N+]=N[C@H]1C[C@@H](N=[N+]=[N-])[C@H](O)[C@@H](O)[C@@H]1O[C@H]1O[C@H](CN(Cc2ccccc2)C(=O)OCc2ccccc2)CC[C@H]1N=O. The first-order valence-corrected chi connectivity index (χ1v) is 13.5. The molecular formula is C27H32N8O7. The Hall–Kier alpha value is -4.23. The summed E-state index contributed by atoms with van der Waals surface area (Å²) in [6, 6.07) is 15.6. The highest BCUT2D eigenvalue weighted by Gasteiger charge is 2.47. The predicted molar refractivity (Wildman–Crippen MR) is 148 cm³/mol. The molecule has 1 heterocycles. The van der Waals surface area contributed by atoms with Crippen LogP contribution in [-0.4, -0.2) is 76.6 Å². The van der Waals surface area contributed by atoms with Gasteiger partial charge in [-0.2, -0.15) is 4.91 Å². The molecule has 2 aliphatic rings. The van der Waals surface area contributed by atoms with Gasteiger partial charge in [-0.05, 0) is 41.5 Å². The standard InChI is InChI=1S/C27H32N8O7/c28-33-30-21-13-22(31-34-29)25(24(37)23(21)36)42-26-20(32-39)12-11-19(41-26)15-35(14-17-7-3-1-4-8-17)27(38)40-16-18-9-5-2-6-10-18/h1-10,19-26,36-37H,11-16H2/t19-,20+,21+,22-,23-,24+,25+,26+/m0/s1. The average Bonchev–Trinajstić information content (AvgIpc) is 3.01. The van der Waals surface area contributed by atoms with Gasteiger partial charge in [-0.3, -0.25) is 0 Å². The topological polar surface area (TPSA) is 215 Å². The minimum atomic E-state index is -1.61. The van der Waals surface area contributed by atoms with Gasteiger partial charge in [-0.1, -0.05) is 76.1 Å². The fourth-order valence-corrected chi connectivity index (χ4v) is 5.12. The molecule has 2 aromatic rings. The van der Waals surface area contributed by atoms with Gasteiger partial charge in [0.15, 0.2) is 6.29 Å². The summed E-state index contributed by atoms with van der Waals surface area (Å²) in [6.45, 7) is 0.421. The zero-order chi connectivity index (χ0) is 29.9. The van der Waals surface area contributed by atoms with Gasteiger partial charge >= 0.3 is 6.09 Å². The van der Waals surface area contributed by atoms with Crippen LogP contribution in [0.3, 0.4) is 0 Å². The second kappa shape index (κ2) is 15.1. The average molecular weight is 581 g/mol. The molecule has 0 spiro atoms. The molecule has 1 amide bonds. The Kier molecular flexibility index (Phi) is 11.1. The van der Waals surface area contributed by atoms with Crippen LogP contribution in [0.1, 0.15) is 30.4 Å². The third kappa shape index (κ3) is 7.95. The Labute approximate surface area is 241 Å². The Bertz CT molecular complexity index is 1280. The highest BCUT2D eigenvalue weighted by atomic mass is 16.7. The van der Waals surface area contributed by atoms with Crippen LogP contribution < -0.4 is 0 Å². The van der Waals surface area contributed by atoms with Crippen molar-refractivity contribution in [2.75, 3.05) is 6.54 Å². The summed E-state index contributed by atoms with van der Waals surface area (Å²) in [5, 5.41) is 31.5. The molecule has 2 fully saturated rings. The second-order valence-electron chi connectivity index (χ2n) is 10.1. The van der Waals surface area contributed by atoms with Gasteiger partial charge in [0.05, 0.1) is 36.9 Å². The number of carbonyl (C=O) groups excluding carboxylic acids is 1. The van der Waals surface area contributed by atoms with E-state index < -0.39 is 54.9 Å². The van der Waals surface area contributed by atoms with Crippen molar-refractivity contribution in [2.24, 2.45) is 15.4 Å². The van der Waals surface area contributed by atoms with Gasteiger partial charge in [0.2, 0.25) is 0 Å². The van der Waals surface area contributed by atoms with E-state index in [0.29, 0.717) is 6.42 Å². The molecule has 15 heteroatoms. The van der Waals surface area contributed by atoms with E-state index in [-0.39, 0.29) is 32.5 Å². The van der Waals surface area contributed by atoms with Crippen molar-refractivity contribution in [1.82, 2.24) is 4.90 Å². The molecule has 2 aromatic carbocycles. The van der Waals surface area contributed by atoms with Crippen molar-refractivity contribution in [3.8, 4) is 0 Å². The van der Waals surface area contributed by atoms with Gasteiger partial charge in [-0.15, -0.1) is 0 Å². The summed E-state index contributed by atoms with van der Waals surface area (Å²) >= 11 is 0.